The predicted octanol–water partition coefficient (Wildman–Crippen LogP) is 3.70. The number of halogens is 1. The number of carbonyl (C=O) groups excluding carboxylic acids is 1. The molecule has 0 unspecified atom stereocenters. The number of piperidine rings is 1. The molecule has 1 N–H and O–H groups in total. The van der Waals surface area contributed by atoms with Crippen molar-refractivity contribution in [3.8, 4) is 5.75 Å². The lowest BCUT2D eigenvalue weighted by Gasteiger charge is -2.32. The highest BCUT2D eigenvalue weighted by molar-refractivity contribution is 6.33. The molecular formula is C22H26ClN5O2. The summed E-state index contributed by atoms with van der Waals surface area (Å²) >= 11 is 6.21. The Morgan fingerprint density at radius 2 is 2.07 bits per heavy atom. The van der Waals surface area contributed by atoms with Crippen LogP contribution >= 0.6 is 11.6 Å². The fourth-order valence-corrected chi connectivity index (χ4v) is 3.95. The Balaban J connectivity index is 1.37. The number of anilines is 1. The van der Waals surface area contributed by atoms with Crippen LogP contribution in [0, 0.1) is 5.92 Å². The molecule has 1 aromatic carbocycles. The standard InChI is InChI=1S/C22H26ClN5O2/c1-15(2)30-18-9-7-16(8-10-18)13-24-21(29)17-5-3-11-27(14-17)22-26-25-20-19(23)6-4-12-28(20)22/h4,6-10,12,15,17H,3,5,11,13-14H2,1-2H3,(H,24,29)/t17-/m1/s1. The van der Waals surface area contributed by atoms with Crippen molar-refractivity contribution in [3.05, 3.63) is 53.2 Å². The summed E-state index contributed by atoms with van der Waals surface area (Å²) in [5.41, 5.74) is 1.68. The van der Waals surface area contributed by atoms with Crippen LogP contribution in [0.2, 0.25) is 5.02 Å². The number of fused-ring (bicyclic) bond motifs is 1. The summed E-state index contributed by atoms with van der Waals surface area (Å²) in [6.07, 6.45) is 3.83. The maximum atomic E-state index is 12.8. The second kappa shape index (κ2) is 8.92. The molecule has 0 aliphatic carbocycles. The number of benzene rings is 1. The Morgan fingerprint density at radius 3 is 2.83 bits per heavy atom. The van der Waals surface area contributed by atoms with E-state index in [1.54, 1.807) is 6.07 Å². The van der Waals surface area contributed by atoms with E-state index in [9.17, 15) is 4.79 Å². The van der Waals surface area contributed by atoms with Gasteiger partial charge in [-0.3, -0.25) is 9.20 Å². The lowest BCUT2D eigenvalue weighted by molar-refractivity contribution is -0.125. The van der Waals surface area contributed by atoms with Gasteiger partial charge in [0, 0.05) is 25.8 Å². The summed E-state index contributed by atoms with van der Waals surface area (Å²) in [6.45, 7) is 5.95. The average Bonchev–Trinajstić information content (AvgIpc) is 3.18. The minimum atomic E-state index is -0.0890. The molecule has 158 valence electrons. The molecule has 0 bridgehead atoms. The smallest absolute Gasteiger partial charge is 0.231 e. The maximum absolute atomic E-state index is 12.8. The molecule has 0 radical (unpaired) electrons. The van der Waals surface area contributed by atoms with Gasteiger partial charge in [0.05, 0.1) is 17.0 Å². The van der Waals surface area contributed by atoms with Crippen molar-refractivity contribution in [1.82, 2.24) is 19.9 Å². The fourth-order valence-electron chi connectivity index (χ4n) is 3.75. The zero-order valence-corrected chi connectivity index (χ0v) is 18.0. The number of hydrogen-bond donors (Lipinski definition) is 1. The first kappa shape index (κ1) is 20.5. The quantitative estimate of drug-likeness (QED) is 0.649. The molecule has 1 fully saturated rings. The molecular weight excluding hydrogens is 402 g/mol. The number of rotatable bonds is 6. The number of nitrogens with one attached hydrogen (secondary N) is 1. The van der Waals surface area contributed by atoms with E-state index in [1.807, 2.05) is 54.8 Å². The van der Waals surface area contributed by atoms with Gasteiger partial charge in [-0.1, -0.05) is 23.7 Å². The third kappa shape index (κ3) is 4.51. The van der Waals surface area contributed by atoms with Crippen LogP contribution in [-0.4, -0.2) is 39.7 Å². The molecule has 1 aliphatic heterocycles. The van der Waals surface area contributed by atoms with Crippen molar-refractivity contribution >= 4 is 29.1 Å². The van der Waals surface area contributed by atoms with Crippen molar-refractivity contribution in [3.63, 3.8) is 0 Å². The molecule has 1 atom stereocenters. The van der Waals surface area contributed by atoms with Crippen LogP contribution in [0.5, 0.6) is 5.75 Å². The highest BCUT2D eigenvalue weighted by Gasteiger charge is 2.28. The Kier molecular flexibility index (Phi) is 6.08. The van der Waals surface area contributed by atoms with Crippen molar-refractivity contribution in [2.45, 2.75) is 39.3 Å². The van der Waals surface area contributed by atoms with Gasteiger partial charge in [0.15, 0.2) is 5.65 Å². The summed E-state index contributed by atoms with van der Waals surface area (Å²) < 4.78 is 7.54. The van der Waals surface area contributed by atoms with Gasteiger partial charge in [-0.25, -0.2) is 0 Å². The van der Waals surface area contributed by atoms with E-state index in [0.717, 1.165) is 36.6 Å². The second-order valence-electron chi connectivity index (χ2n) is 7.86. The first-order valence-corrected chi connectivity index (χ1v) is 10.7. The highest BCUT2D eigenvalue weighted by Crippen LogP contribution is 2.25. The Hall–Kier alpha value is -2.80. The van der Waals surface area contributed by atoms with Crippen molar-refractivity contribution in [1.29, 1.82) is 0 Å². The molecule has 0 spiro atoms. The number of nitrogens with zero attached hydrogens (tertiary/aromatic N) is 4. The van der Waals surface area contributed by atoms with Gasteiger partial charge in [0.1, 0.15) is 5.75 Å². The molecule has 7 nitrogen and oxygen atoms in total. The molecule has 3 heterocycles. The SMILES string of the molecule is CC(C)Oc1ccc(CNC(=O)[C@@H]2CCCN(c3nnc4c(Cl)cccn34)C2)cc1. The summed E-state index contributed by atoms with van der Waals surface area (Å²) in [7, 11) is 0. The van der Waals surface area contributed by atoms with E-state index in [4.69, 9.17) is 16.3 Å². The van der Waals surface area contributed by atoms with Crippen molar-refractivity contribution < 1.29 is 9.53 Å². The molecule has 3 aromatic rings. The van der Waals surface area contributed by atoms with Crippen LogP contribution in [0.25, 0.3) is 5.65 Å². The average molecular weight is 428 g/mol. The van der Waals surface area contributed by atoms with Crippen LogP contribution < -0.4 is 15.0 Å². The lowest BCUT2D eigenvalue weighted by atomic mass is 9.97. The molecule has 1 saturated heterocycles. The van der Waals surface area contributed by atoms with E-state index in [-0.39, 0.29) is 17.9 Å². The Morgan fingerprint density at radius 1 is 1.27 bits per heavy atom. The first-order chi connectivity index (χ1) is 14.5. The summed E-state index contributed by atoms with van der Waals surface area (Å²) in [6, 6.07) is 11.5. The monoisotopic (exact) mass is 427 g/mol. The number of amides is 1. The van der Waals surface area contributed by atoms with Gasteiger partial charge in [-0.2, -0.15) is 0 Å². The zero-order valence-electron chi connectivity index (χ0n) is 17.2. The van der Waals surface area contributed by atoms with E-state index >= 15 is 0 Å². The van der Waals surface area contributed by atoms with Crippen molar-refractivity contribution in [2.24, 2.45) is 5.92 Å². The van der Waals surface area contributed by atoms with Crippen molar-refractivity contribution in [2.75, 3.05) is 18.0 Å². The number of hydrogen-bond acceptors (Lipinski definition) is 5. The summed E-state index contributed by atoms with van der Waals surface area (Å²) in [5.74, 6) is 1.54. The van der Waals surface area contributed by atoms with E-state index in [2.05, 4.69) is 20.4 Å². The van der Waals surface area contributed by atoms with Gasteiger partial charge in [-0.05, 0) is 56.5 Å². The first-order valence-electron chi connectivity index (χ1n) is 10.3. The highest BCUT2D eigenvalue weighted by atomic mass is 35.5. The lowest BCUT2D eigenvalue weighted by Crippen LogP contribution is -2.43. The fraction of sp³-hybridized carbons (Fsp3) is 0.409. The third-order valence-electron chi connectivity index (χ3n) is 5.21. The molecule has 4 rings (SSSR count). The zero-order chi connectivity index (χ0) is 21.1. The van der Waals surface area contributed by atoms with Crippen LogP contribution in [0.3, 0.4) is 0 Å². The molecule has 8 heteroatoms. The molecule has 1 aliphatic rings. The van der Waals surface area contributed by atoms with Gasteiger partial charge in [0.2, 0.25) is 11.9 Å². The predicted molar refractivity (Wildman–Crippen MR) is 117 cm³/mol. The van der Waals surface area contributed by atoms with Crippen LogP contribution in [0.15, 0.2) is 42.6 Å². The molecule has 1 amide bonds. The van der Waals surface area contributed by atoms with E-state index in [1.165, 1.54) is 0 Å². The Bertz CT molecular complexity index is 1020. The minimum absolute atomic E-state index is 0.0639. The Labute approximate surface area is 181 Å². The number of pyridine rings is 1. The number of aromatic nitrogens is 3. The van der Waals surface area contributed by atoms with Crippen LogP contribution in [0.1, 0.15) is 32.3 Å². The minimum Gasteiger partial charge on any atom is -0.491 e. The van der Waals surface area contributed by atoms with Gasteiger partial charge >= 0.3 is 0 Å². The van der Waals surface area contributed by atoms with Gasteiger partial charge in [0.25, 0.3) is 0 Å². The maximum Gasteiger partial charge on any atom is 0.231 e. The largest absolute Gasteiger partial charge is 0.491 e. The van der Waals surface area contributed by atoms with Crippen LogP contribution in [0.4, 0.5) is 5.95 Å². The molecule has 2 aromatic heterocycles. The third-order valence-corrected chi connectivity index (χ3v) is 5.50. The van der Waals surface area contributed by atoms with Gasteiger partial charge in [-0.15, -0.1) is 10.2 Å². The summed E-state index contributed by atoms with van der Waals surface area (Å²) in [4.78, 5) is 14.9. The normalized spacial score (nSPS) is 16.8. The second-order valence-corrected chi connectivity index (χ2v) is 8.27. The topological polar surface area (TPSA) is 71.8 Å². The number of carbonyl (C=O) groups is 1. The number of ether oxygens (including phenoxy) is 1. The van der Waals surface area contributed by atoms with Gasteiger partial charge < -0.3 is 15.0 Å². The molecule has 30 heavy (non-hydrogen) atoms. The molecule has 0 saturated carbocycles. The van der Waals surface area contributed by atoms with E-state index in [0.29, 0.717) is 23.8 Å². The summed E-state index contributed by atoms with van der Waals surface area (Å²) in [5, 5.41) is 12.1. The van der Waals surface area contributed by atoms with Crippen LogP contribution in [-0.2, 0) is 11.3 Å². The van der Waals surface area contributed by atoms with E-state index < -0.39 is 0 Å².